The first-order chi connectivity index (χ1) is 9.77. The summed E-state index contributed by atoms with van der Waals surface area (Å²) in [6.45, 7) is 1.93. The molecule has 5 nitrogen and oxygen atoms in total. The van der Waals surface area contributed by atoms with Gasteiger partial charge in [-0.05, 0) is 36.8 Å². The maximum atomic E-state index is 12.1. The number of aryl methyl sites for hydroxylation is 1. The average molecular weight is 369 g/mol. The van der Waals surface area contributed by atoms with Crippen LogP contribution in [0.2, 0.25) is 0 Å². The lowest BCUT2D eigenvalue weighted by atomic mass is 10.1. The van der Waals surface area contributed by atoms with Gasteiger partial charge in [-0.25, -0.2) is 13.4 Å². The Labute approximate surface area is 131 Å². The van der Waals surface area contributed by atoms with Crippen LogP contribution in [0.5, 0.6) is 0 Å². The fourth-order valence-corrected chi connectivity index (χ4v) is 2.55. The van der Waals surface area contributed by atoms with E-state index in [1.54, 1.807) is 12.1 Å². The number of amides is 1. The van der Waals surface area contributed by atoms with Gasteiger partial charge in [0.05, 0.1) is 11.9 Å². The molecule has 7 heteroatoms. The molecule has 2 aromatic rings. The summed E-state index contributed by atoms with van der Waals surface area (Å²) >= 11 is 3.37. The molecular weight excluding hydrogens is 356 g/mol. The van der Waals surface area contributed by atoms with Crippen molar-refractivity contribution in [2.45, 2.75) is 11.9 Å². The molecule has 0 unspecified atom stereocenters. The van der Waals surface area contributed by atoms with Gasteiger partial charge in [-0.1, -0.05) is 22.0 Å². The summed E-state index contributed by atoms with van der Waals surface area (Å²) in [6.07, 6.45) is 2.40. The summed E-state index contributed by atoms with van der Waals surface area (Å²) in [5.41, 5.74) is 1.97. The first-order valence-electron chi connectivity index (χ1n) is 6.01. The molecule has 1 aromatic carbocycles. The summed E-state index contributed by atoms with van der Waals surface area (Å²) in [4.78, 5) is 15.9. The Kier molecular flexibility index (Phi) is 4.43. The molecule has 110 valence electrons. The van der Waals surface area contributed by atoms with Crippen LogP contribution in [0.25, 0.3) is 0 Å². The summed E-state index contributed by atoms with van der Waals surface area (Å²) in [5, 5.41) is 2.64. The number of sulfone groups is 1. The zero-order valence-corrected chi connectivity index (χ0v) is 13.8. The Morgan fingerprint density at radius 2 is 1.95 bits per heavy atom. The van der Waals surface area contributed by atoms with Crippen LogP contribution < -0.4 is 5.32 Å². The lowest BCUT2D eigenvalue weighted by molar-refractivity contribution is 0.102. The number of aromatic nitrogens is 1. The minimum absolute atomic E-state index is 0.0291. The smallest absolute Gasteiger partial charge is 0.255 e. The third-order valence-electron chi connectivity index (χ3n) is 2.81. The van der Waals surface area contributed by atoms with Gasteiger partial charge in [-0.15, -0.1) is 0 Å². The number of benzene rings is 1. The van der Waals surface area contributed by atoms with E-state index in [2.05, 4.69) is 26.2 Å². The van der Waals surface area contributed by atoms with Gasteiger partial charge in [0.15, 0.2) is 14.9 Å². The third-order valence-corrected chi connectivity index (χ3v) is 4.66. The summed E-state index contributed by atoms with van der Waals surface area (Å²) in [6, 6.07) is 8.14. The zero-order chi connectivity index (χ0) is 15.6. The quantitative estimate of drug-likeness (QED) is 0.903. The number of hydrogen-bond donors (Lipinski definition) is 1. The minimum atomic E-state index is -3.34. The van der Waals surface area contributed by atoms with Crippen LogP contribution in [-0.2, 0) is 9.84 Å². The summed E-state index contributed by atoms with van der Waals surface area (Å²) < 4.78 is 23.5. The van der Waals surface area contributed by atoms with E-state index < -0.39 is 9.84 Å². The first-order valence-corrected chi connectivity index (χ1v) is 8.69. The molecule has 21 heavy (non-hydrogen) atoms. The van der Waals surface area contributed by atoms with Gasteiger partial charge in [-0.3, -0.25) is 4.79 Å². The van der Waals surface area contributed by atoms with Gasteiger partial charge >= 0.3 is 0 Å². The van der Waals surface area contributed by atoms with Gasteiger partial charge in [0.2, 0.25) is 0 Å². The van der Waals surface area contributed by atoms with Gasteiger partial charge in [0.1, 0.15) is 0 Å². The Morgan fingerprint density at radius 3 is 2.48 bits per heavy atom. The predicted octanol–water partition coefficient (Wildman–Crippen LogP) is 2.81. The number of rotatable bonds is 3. The third kappa shape index (κ3) is 3.89. The first kappa shape index (κ1) is 15.7. The molecule has 1 N–H and O–H groups in total. The number of halogens is 1. The normalized spacial score (nSPS) is 11.2. The van der Waals surface area contributed by atoms with Gasteiger partial charge in [0.25, 0.3) is 5.91 Å². The molecule has 0 radical (unpaired) electrons. The van der Waals surface area contributed by atoms with Gasteiger partial charge in [0, 0.05) is 16.3 Å². The van der Waals surface area contributed by atoms with Crippen molar-refractivity contribution in [2.24, 2.45) is 0 Å². The molecule has 0 bridgehead atoms. The van der Waals surface area contributed by atoms with Gasteiger partial charge in [-0.2, -0.15) is 0 Å². The van der Waals surface area contributed by atoms with Crippen LogP contribution in [0, 0.1) is 6.92 Å². The molecule has 2 rings (SSSR count). The van der Waals surface area contributed by atoms with Crippen LogP contribution in [0.1, 0.15) is 15.9 Å². The molecular formula is C14H13BrN2O3S. The van der Waals surface area contributed by atoms with Crippen molar-refractivity contribution in [3.8, 4) is 0 Å². The highest BCUT2D eigenvalue weighted by Gasteiger charge is 2.10. The SMILES string of the molecule is Cc1ccc(C(=O)Nc2ccc(S(C)(=O)=O)nc2)cc1Br. The number of anilines is 1. The lowest BCUT2D eigenvalue weighted by Crippen LogP contribution is -2.12. The number of carbonyl (C=O) groups is 1. The maximum Gasteiger partial charge on any atom is 0.255 e. The predicted molar refractivity (Wildman–Crippen MR) is 84.2 cm³/mol. The topological polar surface area (TPSA) is 76.1 Å². The highest BCUT2D eigenvalue weighted by Crippen LogP contribution is 2.18. The number of pyridine rings is 1. The molecule has 0 aliphatic heterocycles. The second-order valence-corrected chi connectivity index (χ2v) is 7.39. The molecule has 0 aliphatic carbocycles. The van der Waals surface area contributed by atoms with Crippen molar-refractivity contribution in [1.29, 1.82) is 0 Å². The fraction of sp³-hybridized carbons (Fsp3) is 0.143. The molecule has 0 fully saturated rings. The molecule has 0 atom stereocenters. The molecule has 1 heterocycles. The van der Waals surface area contributed by atoms with Crippen LogP contribution in [0.3, 0.4) is 0 Å². The van der Waals surface area contributed by atoms with E-state index in [1.807, 2.05) is 13.0 Å². The minimum Gasteiger partial charge on any atom is -0.321 e. The standard InChI is InChI=1S/C14H13BrN2O3S/c1-9-3-4-10(7-12(9)15)14(18)17-11-5-6-13(16-8-11)21(2,19)20/h3-8H,1-2H3,(H,17,18). The average Bonchev–Trinajstić information content (AvgIpc) is 2.41. The second-order valence-electron chi connectivity index (χ2n) is 4.58. The van der Waals surface area contributed by atoms with Crippen molar-refractivity contribution in [1.82, 2.24) is 4.98 Å². The summed E-state index contributed by atoms with van der Waals surface area (Å²) in [7, 11) is -3.34. The van der Waals surface area contributed by atoms with E-state index >= 15 is 0 Å². The van der Waals surface area contributed by atoms with E-state index in [9.17, 15) is 13.2 Å². The highest BCUT2D eigenvalue weighted by molar-refractivity contribution is 9.10. The number of nitrogens with one attached hydrogen (secondary N) is 1. The molecule has 0 saturated carbocycles. The van der Waals surface area contributed by atoms with Crippen LogP contribution >= 0.6 is 15.9 Å². The van der Waals surface area contributed by atoms with Crippen molar-refractivity contribution in [3.05, 3.63) is 52.1 Å². The van der Waals surface area contributed by atoms with E-state index in [-0.39, 0.29) is 10.9 Å². The Hall–Kier alpha value is -1.73. The monoisotopic (exact) mass is 368 g/mol. The molecule has 0 saturated heterocycles. The van der Waals surface area contributed by atoms with Crippen LogP contribution in [-0.4, -0.2) is 25.6 Å². The van der Waals surface area contributed by atoms with E-state index in [0.717, 1.165) is 16.3 Å². The number of hydrogen-bond acceptors (Lipinski definition) is 4. The molecule has 0 aliphatic rings. The van der Waals surface area contributed by atoms with Crippen molar-refractivity contribution in [2.75, 3.05) is 11.6 Å². The largest absolute Gasteiger partial charge is 0.321 e. The lowest BCUT2D eigenvalue weighted by Gasteiger charge is -2.07. The van der Waals surface area contributed by atoms with Gasteiger partial charge < -0.3 is 5.32 Å². The number of carbonyl (C=O) groups excluding carboxylic acids is 1. The Morgan fingerprint density at radius 1 is 1.24 bits per heavy atom. The van der Waals surface area contributed by atoms with Crippen LogP contribution in [0.15, 0.2) is 46.0 Å². The fourth-order valence-electron chi connectivity index (χ4n) is 1.61. The van der Waals surface area contributed by atoms with E-state index in [0.29, 0.717) is 11.3 Å². The second kappa shape index (κ2) is 5.95. The Bertz CT molecular complexity index is 786. The van der Waals surface area contributed by atoms with Crippen molar-refractivity contribution in [3.63, 3.8) is 0 Å². The maximum absolute atomic E-state index is 12.1. The highest BCUT2D eigenvalue weighted by atomic mass is 79.9. The molecule has 0 spiro atoms. The molecule has 1 amide bonds. The molecule has 1 aromatic heterocycles. The van der Waals surface area contributed by atoms with Crippen molar-refractivity contribution < 1.29 is 13.2 Å². The van der Waals surface area contributed by atoms with Crippen LogP contribution in [0.4, 0.5) is 5.69 Å². The van der Waals surface area contributed by atoms with E-state index in [1.165, 1.54) is 18.3 Å². The zero-order valence-electron chi connectivity index (χ0n) is 11.4. The van der Waals surface area contributed by atoms with E-state index in [4.69, 9.17) is 0 Å². The number of nitrogens with zero attached hydrogens (tertiary/aromatic N) is 1. The summed E-state index contributed by atoms with van der Waals surface area (Å²) in [5.74, 6) is -0.287. The van der Waals surface area contributed by atoms with Crippen molar-refractivity contribution >= 4 is 37.4 Å². The Balaban J connectivity index is 2.18.